The maximum Gasteiger partial charge on any atom is 0.150 e. The van der Waals surface area contributed by atoms with Gasteiger partial charge >= 0.3 is 0 Å². The van der Waals surface area contributed by atoms with Gasteiger partial charge < -0.3 is 0 Å². The van der Waals surface area contributed by atoms with Crippen LogP contribution < -0.4 is 0 Å². The van der Waals surface area contributed by atoms with E-state index >= 15 is 0 Å². The molecule has 3 rings (SSSR count). The lowest BCUT2D eigenvalue weighted by atomic mass is 10.1. The maximum absolute atomic E-state index is 6.03. The van der Waals surface area contributed by atoms with Gasteiger partial charge in [0.1, 0.15) is 11.5 Å². The van der Waals surface area contributed by atoms with Crippen LogP contribution in [0.25, 0.3) is 21.3 Å². The Morgan fingerprint density at radius 1 is 1.12 bits per heavy atom. The van der Waals surface area contributed by atoms with Gasteiger partial charge in [0.15, 0.2) is 0 Å². The number of benzene rings is 1. The van der Waals surface area contributed by atoms with Gasteiger partial charge in [-0.05, 0) is 17.7 Å². The lowest BCUT2D eigenvalue weighted by Gasteiger charge is -1.99. The van der Waals surface area contributed by atoms with Crippen molar-refractivity contribution in [2.24, 2.45) is 0 Å². The molecular weight excluding hydrogens is 320 g/mol. The highest BCUT2D eigenvalue weighted by Gasteiger charge is 2.10. The Kier molecular flexibility index (Phi) is 2.86. The summed E-state index contributed by atoms with van der Waals surface area (Å²) in [6.45, 7) is 0. The average molecular weight is 326 g/mol. The van der Waals surface area contributed by atoms with Gasteiger partial charge in [-0.1, -0.05) is 39.7 Å². The van der Waals surface area contributed by atoms with E-state index < -0.39 is 0 Å². The fourth-order valence-corrected chi connectivity index (χ4v) is 3.10. The second kappa shape index (κ2) is 4.37. The normalized spacial score (nSPS) is 10.9. The molecule has 0 bridgehead atoms. The Bertz CT molecular complexity index is 679. The molecular formula is C12H6BrClN2S. The first kappa shape index (κ1) is 11.1. The SMILES string of the molecule is Clc1ncnc2c(-c3ccc(Br)cc3)csc12. The number of thiophene rings is 1. The molecule has 5 heteroatoms. The van der Waals surface area contributed by atoms with Gasteiger partial charge in [-0.2, -0.15) is 0 Å². The third-order valence-corrected chi connectivity index (χ3v) is 4.37. The molecule has 0 amide bonds. The van der Waals surface area contributed by atoms with E-state index in [-0.39, 0.29) is 0 Å². The Morgan fingerprint density at radius 3 is 2.65 bits per heavy atom. The maximum atomic E-state index is 6.03. The first-order valence-electron chi connectivity index (χ1n) is 4.89. The molecule has 0 fully saturated rings. The van der Waals surface area contributed by atoms with Crippen LogP contribution in [0.5, 0.6) is 0 Å². The quantitative estimate of drug-likeness (QED) is 0.602. The summed E-state index contributed by atoms with van der Waals surface area (Å²) in [5, 5.41) is 2.58. The molecule has 0 spiro atoms. The lowest BCUT2D eigenvalue weighted by molar-refractivity contribution is 1.23. The summed E-state index contributed by atoms with van der Waals surface area (Å²) in [5.41, 5.74) is 3.15. The van der Waals surface area contributed by atoms with Crippen LogP contribution in [-0.2, 0) is 0 Å². The second-order valence-corrected chi connectivity index (χ2v) is 5.65. The van der Waals surface area contributed by atoms with Crippen molar-refractivity contribution in [2.75, 3.05) is 0 Å². The summed E-state index contributed by atoms with van der Waals surface area (Å²) < 4.78 is 2.00. The number of nitrogens with zero attached hydrogens (tertiary/aromatic N) is 2. The van der Waals surface area contributed by atoms with E-state index in [4.69, 9.17) is 11.6 Å². The zero-order valence-electron chi connectivity index (χ0n) is 8.52. The largest absolute Gasteiger partial charge is 0.235 e. The minimum Gasteiger partial charge on any atom is -0.235 e. The zero-order chi connectivity index (χ0) is 11.8. The Hall–Kier alpha value is -0.970. The number of fused-ring (bicyclic) bond motifs is 1. The average Bonchev–Trinajstić information content (AvgIpc) is 2.75. The molecule has 0 unspecified atom stereocenters. The minimum atomic E-state index is 0.517. The molecule has 0 aliphatic carbocycles. The van der Waals surface area contributed by atoms with Crippen molar-refractivity contribution >= 4 is 49.1 Å². The summed E-state index contributed by atoms with van der Waals surface area (Å²) in [6, 6.07) is 8.15. The van der Waals surface area contributed by atoms with Crippen LogP contribution in [0.15, 0.2) is 40.4 Å². The number of hydrogen-bond donors (Lipinski definition) is 0. The molecule has 17 heavy (non-hydrogen) atoms. The van der Waals surface area contributed by atoms with Gasteiger partial charge in [-0.15, -0.1) is 11.3 Å². The fraction of sp³-hybridized carbons (Fsp3) is 0. The molecule has 2 nitrogen and oxygen atoms in total. The molecule has 0 aliphatic heterocycles. The number of halogens is 2. The predicted octanol–water partition coefficient (Wildman–Crippen LogP) is 4.77. The van der Waals surface area contributed by atoms with Crippen LogP contribution in [0.4, 0.5) is 0 Å². The highest BCUT2D eigenvalue weighted by Crippen LogP contribution is 2.35. The summed E-state index contributed by atoms with van der Waals surface area (Å²) in [4.78, 5) is 8.29. The van der Waals surface area contributed by atoms with Crippen LogP contribution in [0.2, 0.25) is 5.15 Å². The Morgan fingerprint density at radius 2 is 1.88 bits per heavy atom. The molecule has 0 radical (unpaired) electrons. The van der Waals surface area contributed by atoms with Crippen LogP contribution in [-0.4, -0.2) is 9.97 Å². The van der Waals surface area contributed by atoms with Gasteiger partial charge in [-0.3, -0.25) is 0 Å². The molecule has 0 saturated carbocycles. The molecule has 0 saturated heterocycles. The van der Waals surface area contributed by atoms with Crippen molar-refractivity contribution in [1.82, 2.24) is 9.97 Å². The summed E-state index contributed by atoms with van der Waals surface area (Å²) in [7, 11) is 0. The van der Waals surface area contributed by atoms with Crippen molar-refractivity contribution in [3.8, 4) is 11.1 Å². The Labute approximate surface area is 115 Å². The first-order valence-corrected chi connectivity index (χ1v) is 6.94. The predicted molar refractivity (Wildman–Crippen MR) is 75.6 cm³/mol. The van der Waals surface area contributed by atoms with Crippen LogP contribution >= 0.6 is 38.9 Å². The highest BCUT2D eigenvalue weighted by atomic mass is 79.9. The number of hydrogen-bond acceptors (Lipinski definition) is 3. The smallest absolute Gasteiger partial charge is 0.150 e. The topological polar surface area (TPSA) is 25.8 Å². The van der Waals surface area contributed by atoms with Gasteiger partial charge in [0, 0.05) is 15.4 Å². The van der Waals surface area contributed by atoms with Crippen molar-refractivity contribution < 1.29 is 0 Å². The molecule has 0 atom stereocenters. The molecule has 1 aromatic carbocycles. The molecule has 2 aromatic heterocycles. The first-order chi connectivity index (χ1) is 8.25. The van der Waals surface area contributed by atoms with Crippen molar-refractivity contribution in [3.05, 3.63) is 45.6 Å². The van der Waals surface area contributed by atoms with Gasteiger partial charge in [0.2, 0.25) is 0 Å². The molecule has 84 valence electrons. The highest BCUT2D eigenvalue weighted by molar-refractivity contribution is 9.10. The van der Waals surface area contributed by atoms with E-state index in [1.165, 1.54) is 6.33 Å². The molecule has 3 aromatic rings. The van der Waals surface area contributed by atoms with E-state index in [2.05, 4.69) is 43.4 Å². The standard InChI is InChI=1S/C12H6BrClN2S/c13-8-3-1-7(2-4-8)9-5-17-11-10(9)15-6-16-12(11)14/h1-6H. The van der Waals surface area contributed by atoms with E-state index in [0.717, 1.165) is 25.8 Å². The van der Waals surface area contributed by atoms with E-state index in [1.807, 2.05) is 12.1 Å². The third-order valence-electron chi connectivity index (χ3n) is 2.47. The Balaban J connectivity index is 2.24. The van der Waals surface area contributed by atoms with Crippen molar-refractivity contribution in [1.29, 1.82) is 0 Å². The van der Waals surface area contributed by atoms with Crippen LogP contribution in [0, 0.1) is 0 Å². The van der Waals surface area contributed by atoms with Gasteiger partial charge in [-0.25, -0.2) is 9.97 Å². The van der Waals surface area contributed by atoms with Gasteiger partial charge in [0.25, 0.3) is 0 Å². The van der Waals surface area contributed by atoms with E-state index in [1.54, 1.807) is 11.3 Å². The fourth-order valence-electron chi connectivity index (χ4n) is 1.66. The zero-order valence-corrected chi connectivity index (χ0v) is 11.7. The molecule has 0 aliphatic rings. The minimum absolute atomic E-state index is 0.517. The summed E-state index contributed by atoms with van der Waals surface area (Å²) in [5.74, 6) is 0. The number of rotatable bonds is 1. The molecule has 0 N–H and O–H groups in total. The van der Waals surface area contributed by atoms with E-state index in [9.17, 15) is 0 Å². The van der Waals surface area contributed by atoms with Gasteiger partial charge in [0.05, 0.1) is 10.2 Å². The summed E-state index contributed by atoms with van der Waals surface area (Å²) >= 11 is 11.0. The molecule has 2 heterocycles. The van der Waals surface area contributed by atoms with Crippen molar-refractivity contribution in [2.45, 2.75) is 0 Å². The van der Waals surface area contributed by atoms with Crippen LogP contribution in [0.1, 0.15) is 0 Å². The van der Waals surface area contributed by atoms with Crippen molar-refractivity contribution in [3.63, 3.8) is 0 Å². The lowest BCUT2D eigenvalue weighted by Crippen LogP contribution is -1.81. The summed E-state index contributed by atoms with van der Waals surface area (Å²) in [6.07, 6.45) is 1.50. The number of aromatic nitrogens is 2. The van der Waals surface area contributed by atoms with Crippen LogP contribution in [0.3, 0.4) is 0 Å². The van der Waals surface area contributed by atoms with E-state index in [0.29, 0.717) is 5.15 Å². The monoisotopic (exact) mass is 324 g/mol. The third kappa shape index (κ3) is 1.97. The second-order valence-electron chi connectivity index (χ2n) is 3.50.